The van der Waals surface area contributed by atoms with Crippen LogP contribution in [0, 0.1) is 25.7 Å². The Balaban J connectivity index is 1.31. The van der Waals surface area contributed by atoms with E-state index in [1.54, 1.807) is 11.1 Å². The molecule has 0 saturated carbocycles. The summed E-state index contributed by atoms with van der Waals surface area (Å²) in [4.78, 5) is 30.8. The molecule has 7 nitrogen and oxygen atoms in total. The van der Waals surface area contributed by atoms with Crippen LogP contribution >= 0.6 is 0 Å². The number of benzene rings is 1. The van der Waals surface area contributed by atoms with E-state index >= 15 is 0 Å². The zero-order chi connectivity index (χ0) is 20.6. The molecule has 4 aliphatic heterocycles. The lowest BCUT2D eigenvalue weighted by Gasteiger charge is -2.32. The lowest BCUT2D eigenvalue weighted by Crippen LogP contribution is -2.47. The molecule has 5 heterocycles. The Kier molecular flexibility index (Phi) is 3.60. The van der Waals surface area contributed by atoms with Gasteiger partial charge in [-0.25, -0.2) is 0 Å². The van der Waals surface area contributed by atoms with E-state index in [0.29, 0.717) is 19.6 Å². The van der Waals surface area contributed by atoms with Crippen molar-refractivity contribution >= 4 is 17.5 Å². The number of rotatable bonds is 2. The van der Waals surface area contributed by atoms with Gasteiger partial charge in [-0.05, 0) is 37.1 Å². The minimum atomic E-state index is -0.697. The van der Waals surface area contributed by atoms with Crippen LogP contribution in [-0.4, -0.2) is 51.7 Å². The van der Waals surface area contributed by atoms with Crippen LogP contribution < -0.4 is 4.90 Å². The zero-order valence-corrected chi connectivity index (χ0v) is 17.1. The number of anilines is 1. The second-order valence-electron chi connectivity index (χ2n) is 8.98. The fourth-order valence-corrected chi connectivity index (χ4v) is 5.51. The molecule has 1 aromatic heterocycles. The lowest BCUT2D eigenvalue weighted by molar-refractivity contribution is -0.141. The van der Waals surface area contributed by atoms with Gasteiger partial charge in [0.1, 0.15) is 5.60 Å². The molecule has 7 heteroatoms. The van der Waals surface area contributed by atoms with Gasteiger partial charge in [0.2, 0.25) is 11.8 Å². The predicted molar refractivity (Wildman–Crippen MR) is 110 cm³/mol. The molecule has 2 amide bonds. The van der Waals surface area contributed by atoms with Gasteiger partial charge in [-0.15, -0.1) is 0 Å². The average molecular weight is 404 g/mol. The van der Waals surface area contributed by atoms with Crippen molar-refractivity contribution in [1.29, 1.82) is 0 Å². The van der Waals surface area contributed by atoms with Crippen molar-refractivity contribution in [2.24, 2.45) is 11.8 Å². The summed E-state index contributed by atoms with van der Waals surface area (Å²) in [5.41, 5.74) is 4.66. The first-order valence-corrected chi connectivity index (χ1v) is 10.5. The van der Waals surface area contributed by atoms with E-state index in [-0.39, 0.29) is 17.9 Å². The Morgan fingerprint density at radius 2 is 2.17 bits per heavy atom. The molecule has 1 spiro atoms. The summed E-state index contributed by atoms with van der Waals surface area (Å²) in [6.07, 6.45) is 6.21. The number of nitrogens with one attached hydrogen (secondary N) is 1. The van der Waals surface area contributed by atoms with Crippen LogP contribution in [0.2, 0.25) is 0 Å². The topological polar surface area (TPSA) is 78.5 Å². The second-order valence-corrected chi connectivity index (χ2v) is 8.98. The number of aryl methyl sites for hydroxylation is 2. The molecular weight excluding hydrogens is 380 g/mol. The first-order chi connectivity index (χ1) is 14.5. The maximum Gasteiger partial charge on any atom is 0.234 e. The molecule has 1 N–H and O–H groups in total. The molecule has 4 atom stereocenters. The summed E-state index contributed by atoms with van der Waals surface area (Å²) in [6, 6.07) is 6.07. The first-order valence-electron chi connectivity index (χ1n) is 10.5. The number of H-pyrrole nitrogens is 1. The van der Waals surface area contributed by atoms with Gasteiger partial charge in [-0.1, -0.05) is 18.2 Å². The minimum absolute atomic E-state index is 0.00976. The van der Waals surface area contributed by atoms with Gasteiger partial charge in [0, 0.05) is 36.5 Å². The van der Waals surface area contributed by atoms with E-state index in [4.69, 9.17) is 4.74 Å². The molecule has 2 bridgehead atoms. The molecule has 2 fully saturated rings. The van der Waals surface area contributed by atoms with Gasteiger partial charge in [0.25, 0.3) is 0 Å². The molecule has 4 aliphatic rings. The summed E-state index contributed by atoms with van der Waals surface area (Å²) in [5, 5.41) is 7.10. The zero-order valence-electron chi connectivity index (χ0n) is 17.1. The first kappa shape index (κ1) is 17.9. The van der Waals surface area contributed by atoms with Crippen molar-refractivity contribution in [3.63, 3.8) is 0 Å². The third-order valence-corrected chi connectivity index (χ3v) is 7.30. The highest BCUT2D eigenvalue weighted by Crippen LogP contribution is 2.53. The van der Waals surface area contributed by atoms with E-state index in [2.05, 4.69) is 17.1 Å². The van der Waals surface area contributed by atoms with Crippen LogP contribution in [0.3, 0.4) is 0 Å². The van der Waals surface area contributed by atoms with Gasteiger partial charge in [0.15, 0.2) is 0 Å². The molecule has 2 aromatic rings. The Labute approximate surface area is 174 Å². The van der Waals surface area contributed by atoms with Crippen molar-refractivity contribution in [3.8, 4) is 0 Å². The van der Waals surface area contributed by atoms with E-state index < -0.39 is 17.4 Å². The number of hydrogen-bond acceptors (Lipinski definition) is 4. The molecule has 6 rings (SSSR count). The maximum atomic E-state index is 13.6. The normalized spacial score (nSPS) is 31.4. The summed E-state index contributed by atoms with van der Waals surface area (Å²) in [7, 11) is 0. The molecule has 30 heavy (non-hydrogen) atoms. The van der Waals surface area contributed by atoms with Crippen molar-refractivity contribution in [1.82, 2.24) is 15.1 Å². The lowest BCUT2D eigenvalue weighted by atomic mass is 9.76. The van der Waals surface area contributed by atoms with E-state index in [0.717, 1.165) is 28.9 Å². The quantitative estimate of drug-likeness (QED) is 0.776. The molecule has 1 aromatic carbocycles. The highest BCUT2D eigenvalue weighted by molar-refractivity contribution is 6.03. The average Bonchev–Trinajstić information content (AvgIpc) is 3.49. The highest BCUT2D eigenvalue weighted by Gasteiger charge is 2.67. The second kappa shape index (κ2) is 6.04. The molecule has 2 saturated heterocycles. The summed E-state index contributed by atoms with van der Waals surface area (Å²) in [6.45, 7) is 5.74. The Bertz CT molecular complexity index is 1110. The van der Waals surface area contributed by atoms with Crippen molar-refractivity contribution in [2.45, 2.75) is 38.5 Å². The monoisotopic (exact) mass is 404 g/mol. The number of aromatic nitrogens is 2. The summed E-state index contributed by atoms with van der Waals surface area (Å²) in [5.74, 6) is -0.928. The van der Waals surface area contributed by atoms with Crippen molar-refractivity contribution < 1.29 is 14.3 Å². The number of aromatic amines is 1. The van der Waals surface area contributed by atoms with Crippen LogP contribution in [-0.2, 0) is 27.3 Å². The Hall–Kier alpha value is -2.93. The standard InChI is InChI=1S/C23H24N4O3/c1-13-3-4-16(9-14(13)2)27-12-23-7-5-18(30-23)19(20(23)22(27)29)21(28)26-8-6-17-15(11-26)10-24-25-17/h3-5,7,9-10,18-20H,6,8,11-12H2,1-2H3,(H,24,25)/t18-,19-,20+,23-/m0/s1. The van der Waals surface area contributed by atoms with Crippen LogP contribution in [0.5, 0.6) is 0 Å². The number of carbonyl (C=O) groups excluding carboxylic acids is 2. The van der Waals surface area contributed by atoms with Crippen LogP contribution in [0.25, 0.3) is 0 Å². The fraction of sp³-hybridized carbons (Fsp3) is 0.435. The molecular formula is C23H24N4O3. The predicted octanol–water partition coefficient (Wildman–Crippen LogP) is 1.90. The molecule has 0 radical (unpaired) electrons. The molecule has 154 valence electrons. The fourth-order valence-electron chi connectivity index (χ4n) is 5.51. The number of ether oxygens (including phenoxy) is 1. The van der Waals surface area contributed by atoms with Gasteiger partial charge in [0.05, 0.1) is 30.7 Å². The van der Waals surface area contributed by atoms with Crippen molar-refractivity contribution in [2.75, 3.05) is 18.0 Å². The van der Waals surface area contributed by atoms with Gasteiger partial charge in [-0.3, -0.25) is 14.7 Å². The number of carbonyl (C=O) groups is 2. The van der Waals surface area contributed by atoms with Gasteiger partial charge >= 0.3 is 0 Å². The van der Waals surface area contributed by atoms with Crippen LogP contribution in [0.1, 0.15) is 22.4 Å². The molecule has 0 unspecified atom stereocenters. The maximum absolute atomic E-state index is 13.6. The summed E-state index contributed by atoms with van der Waals surface area (Å²) >= 11 is 0. The van der Waals surface area contributed by atoms with Gasteiger partial charge in [-0.2, -0.15) is 5.10 Å². The third kappa shape index (κ3) is 2.32. The van der Waals surface area contributed by atoms with E-state index in [1.807, 2.05) is 42.2 Å². The molecule has 0 aliphatic carbocycles. The number of nitrogens with zero attached hydrogens (tertiary/aromatic N) is 3. The van der Waals surface area contributed by atoms with E-state index in [1.165, 1.54) is 5.56 Å². The van der Waals surface area contributed by atoms with Gasteiger partial charge < -0.3 is 14.5 Å². The largest absolute Gasteiger partial charge is 0.360 e. The van der Waals surface area contributed by atoms with Crippen LogP contribution in [0.15, 0.2) is 36.5 Å². The minimum Gasteiger partial charge on any atom is -0.360 e. The Morgan fingerprint density at radius 1 is 1.30 bits per heavy atom. The SMILES string of the molecule is Cc1ccc(N2C[C@]34C=C[C@H](O3)[C@H](C(=O)N3CCc5[nH]ncc5C3)[C@@H]4C2=O)cc1C. The third-order valence-electron chi connectivity index (χ3n) is 7.30. The number of hydrogen-bond donors (Lipinski definition) is 1. The van der Waals surface area contributed by atoms with E-state index in [9.17, 15) is 9.59 Å². The highest BCUT2D eigenvalue weighted by atomic mass is 16.5. The summed E-state index contributed by atoms with van der Waals surface area (Å²) < 4.78 is 6.30. The smallest absolute Gasteiger partial charge is 0.234 e. The van der Waals surface area contributed by atoms with Crippen molar-refractivity contribution in [3.05, 3.63) is 58.9 Å². The number of fused-ring (bicyclic) bond motifs is 2. The Morgan fingerprint density at radius 3 is 3.00 bits per heavy atom. The van der Waals surface area contributed by atoms with Crippen LogP contribution in [0.4, 0.5) is 5.69 Å². The number of amides is 2.